The summed E-state index contributed by atoms with van der Waals surface area (Å²) in [5.41, 5.74) is 0.935. The third-order valence-corrected chi connectivity index (χ3v) is 3.50. The zero-order valence-electron chi connectivity index (χ0n) is 11.5. The number of nitrogens with zero attached hydrogens (tertiary/aromatic N) is 4. The second-order valence-corrected chi connectivity index (χ2v) is 5.50. The predicted octanol–water partition coefficient (Wildman–Crippen LogP) is 2.61. The van der Waals surface area contributed by atoms with Gasteiger partial charge in [-0.2, -0.15) is 0 Å². The molecule has 6 nitrogen and oxygen atoms in total. The van der Waals surface area contributed by atoms with Gasteiger partial charge in [0, 0.05) is 22.9 Å². The highest BCUT2D eigenvalue weighted by Crippen LogP contribution is 2.12. The maximum atomic E-state index is 12.1. The molecule has 0 saturated heterocycles. The van der Waals surface area contributed by atoms with E-state index >= 15 is 0 Å². The molecule has 0 aliphatic heterocycles. The molecule has 0 radical (unpaired) electrons. The van der Waals surface area contributed by atoms with Crippen molar-refractivity contribution in [2.45, 2.75) is 6.42 Å². The Kier molecular flexibility index (Phi) is 4.24. The molecule has 110 valence electrons. The predicted molar refractivity (Wildman–Crippen MR) is 85.6 cm³/mol. The number of hydrogen-bond acceptors (Lipinski definition) is 4. The van der Waals surface area contributed by atoms with Gasteiger partial charge in [0.2, 0.25) is 5.91 Å². The first-order valence-corrected chi connectivity index (χ1v) is 7.35. The minimum Gasteiger partial charge on any atom is -0.310 e. The summed E-state index contributed by atoms with van der Waals surface area (Å²) in [5.74, 6) is 0.977. The minimum absolute atomic E-state index is 0.127. The number of hydrogen-bond donors (Lipinski definition) is 1. The molecule has 1 amide bonds. The third kappa shape index (κ3) is 3.56. The largest absolute Gasteiger partial charge is 0.310 e. The smallest absolute Gasteiger partial charge is 0.229 e. The van der Waals surface area contributed by atoms with Crippen molar-refractivity contribution in [1.82, 2.24) is 19.5 Å². The van der Waals surface area contributed by atoms with Crippen LogP contribution in [0.25, 0.3) is 5.82 Å². The van der Waals surface area contributed by atoms with Crippen LogP contribution in [0, 0.1) is 0 Å². The molecule has 0 atom stereocenters. The van der Waals surface area contributed by atoms with Crippen LogP contribution in [0.15, 0.2) is 59.9 Å². The molecule has 0 aliphatic carbocycles. The molecule has 2 aromatic heterocycles. The summed E-state index contributed by atoms with van der Waals surface area (Å²) in [6, 6.07) is 9.32. The topological polar surface area (TPSA) is 72.7 Å². The van der Waals surface area contributed by atoms with Gasteiger partial charge in [-0.3, -0.25) is 9.36 Å². The van der Waals surface area contributed by atoms with Crippen LogP contribution in [0.2, 0.25) is 0 Å². The molecule has 1 N–H and O–H groups in total. The lowest BCUT2D eigenvalue weighted by atomic mass is 10.1. The molecule has 2 heterocycles. The van der Waals surface area contributed by atoms with E-state index in [1.165, 1.54) is 6.33 Å². The SMILES string of the molecule is O=C(Cc1ccc(Br)cc1)Nc1cc(-n2ccnc2)ncn1. The van der Waals surface area contributed by atoms with E-state index in [9.17, 15) is 4.79 Å². The first-order chi connectivity index (χ1) is 10.7. The zero-order chi connectivity index (χ0) is 15.4. The summed E-state index contributed by atoms with van der Waals surface area (Å²) >= 11 is 3.37. The summed E-state index contributed by atoms with van der Waals surface area (Å²) in [5, 5.41) is 2.77. The van der Waals surface area contributed by atoms with Crippen molar-refractivity contribution in [2.24, 2.45) is 0 Å². The maximum Gasteiger partial charge on any atom is 0.229 e. The van der Waals surface area contributed by atoms with Gasteiger partial charge >= 0.3 is 0 Å². The van der Waals surface area contributed by atoms with E-state index in [1.807, 2.05) is 24.3 Å². The van der Waals surface area contributed by atoms with Gasteiger partial charge in [0.15, 0.2) is 0 Å². The molecule has 0 spiro atoms. The van der Waals surface area contributed by atoms with E-state index in [0.29, 0.717) is 11.6 Å². The molecule has 3 aromatic rings. The molecule has 0 unspecified atom stereocenters. The Morgan fingerprint density at radius 3 is 2.77 bits per heavy atom. The van der Waals surface area contributed by atoms with Crippen molar-refractivity contribution in [3.63, 3.8) is 0 Å². The first-order valence-electron chi connectivity index (χ1n) is 6.55. The summed E-state index contributed by atoms with van der Waals surface area (Å²) in [7, 11) is 0. The molecule has 0 aliphatic rings. The fourth-order valence-electron chi connectivity index (χ4n) is 1.93. The van der Waals surface area contributed by atoms with Crippen LogP contribution in [-0.2, 0) is 11.2 Å². The lowest BCUT2D eigenvalue weighted by Gasteiger charge is -2.06. The molecule has 22 heavy (non-hydrogen) atoms. The van der Waals surface area contributed by atoms with Gasteiger partial charge in [0.25, 0.3) is 0 Å². The van der Waals surface area contributed by atoms with Gasteiger partial charge < -0.3 is 5.32 Å². The molecule has 7 heteroatoms. The molecule has 3 rings (SSSR count). The summed E-state index contributed by atoms with van der Waals surface area (Å²) < 4.78 is 2.73. The van der Waals surface area contributed by atoms with Crippen LogP contribution in [-0.4, -0.2) is 25.4 Å². The minimum atomic E-state index is -0.127. The van der Waals surface area contributed by atoms with E-state index in [1.54, 1.807) is 29.4 Å². The number of nitrogens with one attached hydrogen (secondary N) is 1. The average molecular weight is 358 g/mol. The standard InChI is InChI=1S/C15H12BrN5O/c16-12-3-1-11(2-4-12)7-15(22)20-13-8-14(19-9-18-13)21-6-5-17-10-21/h1-6,8-10H,7H2,(H,18,19,20,22). The summed E-state index contributed by atoms with van der Waals surface area (Å²) in [6.45, 7) is 0. The van der Waals surface area contributed by atoms with E-state index in [4.69, 9.17) is 0 Å². The van der Waals surface area contributed by atoms with Gasteiger partial charge in [-0.25, -0.2) is 15.0 Å². The van der Waals surface area contributed by atoms with Crippen LogP contribution in [0.4, 0.5) is 5.82 Å². The number of aromatic nitrogens is 4. The normalized spacial score (nSPS) is 10.4. The summed E-state index contributed by atoms with van der Waals surface area (Å²) in [6.07, 6.45) is 6.77. The van der Waals surface area contributed by atoms with Crippen molar-refractivity contribution in [3.05, 3.63) is 65.4 Å². The Hall–Kier alpha value is -2.54. The van der Waals surface area contributed by atoms with Gasteiger partial charge in [-0.05, 0) is 17.7 Å². The quantitative estimate of drug-likeness (QED) is 0.778. The first kappa shape index (κ1) is 14.4. The Morgan fingerprint density at radius 2 is 2.05 bits per heavy atom. The number of benzene rings is 1. The van der Waals surface area contributed by atoms with E-state index in [-0.39, 0.29) is 12.3 Å². The highest BCUT2D eigenvalue weighted by Gasteiger charge is 2.07. The Labute approximate surface area is 135 Å². The molecule has 0 saturated carbocycles. The Morgan fingerprint density at radius 1 is 1.23 bits per heavy atom. The highest BCUT2D eigenvalue weighted by atomic mass is 79.9. The lowest BCUT2D eigenvalue weighted by molar-refractivity contribution is -0.115. The fraction of sp³-hybridized carbons (Fsp3) is 0.0667. The zero-order valence-corrected chi connectivity index (χ0v) is 13.1. The lowest BCUT2D eigenvalue weighted by Crippen LogP contribution is -2.15. The van der Waals surface area contributed by atoms with Crippen LogP contribution < -0.4 is 5.32 Å². The molecule has 0 fully saturated rings. The maximum absolute atomic E-state index is 12.1. The van der Waals surface area contributed by atoms with E-state index in [0.717, 1.165) is 10.0 Å². The van der Waals surface area contributed by atoms with Crippen molar-refractivity contribution in [1.29, 1.82) is 0 Å². The van der Waals surface area contributed by atoms with Crippen LogP contribution in [0.3, 0.4) is 0 Å². The number of imidazole rings is 1. The molecule has 1 aromatic carbocycles. The Bertz CT molecular complexity index is 771. The van der Waals surface area contributed by atoms with Gasteiger partial charge in [0.1, 0.15) is 24.3 Å². The molecular formula is C15H12BrN5O. The monoisotopic (exact) mass is 357 g/mol. The third-order valence-electron chi connectivity index (χ3n) is 2.97. The van der Waals surface area contributed by atoms with E-state index < -0.39 is 0 Å². The number of carbonyl (C=O) groups is 1. The van der Waals surface area contributed by atoms with Crippen molar-refractivity contribution >= 4 is 27.7 Å². The number of amides is 1. The second kappa shape index (κ2) is 6.48. The van der Waals surface area contributed by atoms with Crippen LogP contribution in [0.1, 0.15) is 5.56 Å². The number of carbonyl (C=O) groups excluding carboxylic acids is 1. The number of rotatable bonds is 4. The fourth-order valence-corrected chi connectivity index (χ4v) is 2.19. The number of anilines is 1. The van der Waals surface area contributed by atoms with Crippen molar-refractivity contribution < 1.29 is 4.79 Å². The number of halogens is 1. The van der Waals surface area contributed by atoms with Gasteiger partial charge in [-0.15, -0.1) is 0 Å². The molecule has 0 bridgehead atoms. The van der Waals surface area contributed by atoms with Crippen molar-refractivity contribution in [2.75, 3.05) is 5.32 Å². The van der Waals surface area contributed by atoms with Gasteiger partial charge in [-0.1, -0.05) is 28.1 Å². The molecular weight excluding hydrogens is 346 g/mol. The van der Waals surface area contributed by atoms with Crippen molar-refractivity contribution in [3.8, 4) is 5.82 Å². The Balaban J connectivity index is 1.69. The van der Waals surface area contributed by atoms with Gasteiger partial charge in [0.05, 0.1) is 6.42 Å². The highest BCUT2D eigenvalue weighted by molar-refractivity contribution is 9.10. The average Bonchev–Trinajstić information content (AvgIpc) is 3.04. The summed E-state index contributed by atoms with van der Waals surface area (Å²) in [4.78, 5) is 24.2. The van der Waals surface area contributed by atoms with Crippen LogP contribution >= 0.6 is 15.9 Å². The van der Waals surface area contributed by atoms with E-state index in [2.05, 4.69) is 36.2 Å². The van der Waals surface area contributed by atoms with Crippen LogP contribution in [0.5, 0.6) is 0 Å². The second-order valence-electron chi connectivity index (χ2n) is 4.58.